The Morgan fingerprint density at radius 3 is 2.51 bits per heavy atom. The highest BCUT2D eigenvalue weighted by Gasteiger charge is 2.43. The summed E-state index contributed by atoms with van der Waals surface area (Å²) in [6.45, 7) is 11.4. The van der Waals surface area contributed by atoms with Crippen molar-refractivity contribution in [3.8, 4) is 5.75 Å². The smallest absolute Gasteiger partial charge is 0.251 e. The average molecular weight is 570 g/mol. The van der Waals surface area contributed by atoms with Gasteiger partial charge in [0.25, 0.3) is 5.91 Å². The average Bonchev–Trinajstić information content (AvgIpc) is 3.36. The van der Waals surface area contributed by atoms with Crippen molar-refractivity contribution in [3.63, 3.8) is 0 Å². The van der Waals surface area contributed by atoms with Crippen LogP contribution in [0.2, 0.25) is 5.02 Å². The fourth-order valence-corrected chi connectivity index (χ4v) is 7.56. The first kappa shape index (κ1) is 28.1. The number of nitrogens with one attached hydrogen (secondary N) is 1. The number of thiazole rings is 1. The zero-order valence-electron chi connectivity index (χ0n) is 23.3. The summed E-state index contributed by atoms with van der Waals surface area (Å²) < 4.78 is 19.7. The molecule has 1 aromatic heterocycles. The molecule has 1 N–H and O–H groups in total. The second-order valence-corrected chi connectivity index (χ2v) is 12.8. The first-order valence-electron chi connectivity index (χ1n) is 13.8. The minimum Gasteiger partial charge on any atom is -0.493 e. The van der Waals surface area contributed by atoms with Gasteiger partial charge in [-0.2, -0.15) is 0 Å². The van der Waals surface area contributed by atoms with Crippen molar-refractivity contribution in [1.82, 2.24) is 15.2 Å². The molecule has 0 saturated carbocycles. The Kier molecular flexibility index (Phi) is 8.32. The monoisotopic (exact) mass is 569 g/mol. The molecule has 3 unspecified atom stereocenters. The molecule has 0 spiro atoms. The summed E-state index contributed by atoms with van der Waals surface area (Å²) in [5.74, 6) is 0.239. The van der Waals surface area contributed by atoms with Crippen LogP contribution in [0.3, 0.4) is 0 Å². The first-order chi connectivity index (χ1) is 18.6. The first-order valence-corrected chi connectivity index (χ1v) is 15.0. The number of carbonyl (C=O) groups excluding carboxylic acids is 1. The number of hydrogen-bond donors (Lipinski definition) is 1. The number of piperidine rings is 1. The molecule has 39 heavy (non-hydrogen) atoms. The van der Waals surface area contributed by atoms with Crippen LogP contribution < -0.4 is 10.1 Å². The maximum atomic E-state index is 13.5. The minimum absolute atomic E-state index is 0.0295. The molecule has 0 radical (unpaired) electrons. The molecule has 1 amide bonds. The molecule has 5 nitrogen and oxygen atoms in total. The zero-order valence-corrected chi connectivity index (χ0v) is 24.9. The Morgan fingerprint density at radius 1 is 1.15 bits per heavy atom. The summed E-state index contributed by atoms with van der Waals surface area (Å²) in [7, 11) is 0. The summed E-state index contributed by atoms with van der Waals surface area (Å²) in [6.07, 6.45) is 4.92. The number of aromatic nitrogens is 1. The van der Waals surface area contributed by atoms with Crippen LogP contribution >= 0.6 is 22.9 Å². The van der Waals surface area contributed by atoms with E-state index in [-0.39, 0.29) is 23.0 Å². The lowest BCUT2D eigenvalue weighted by molar-refractivity contribution is 0.0689. The number of amides is 1. The van der Waals surface area contributed by atoms with Crippen LogP contribution in [0.5, 0.6) is 5.75 Å². The molecule has 2 saturated heterocycles. The van der Waals surface area contributed by atoms with Crippen molar-refractivity contribution in [2.45, 2.75) is 90.9 Å². The van der Waals surface area contributed by atoms with Crippen molar-refractivity contribution >= 4 is 28.8 Å². The molecule has 2 bridgehead atoms. The summed E-state index contributed by atoms with van der Waals surface area (Å²) in [5, 5.41) is 4.25. The second-order valence-electron chi connectivity index (χ2n) is 11.0. The third kappa shape index (κ3) is 5.86. The van der Waals surface area contributed by atoms with Gasteiger partial charge in [-0.25, -0.2) is 9.37 Å². The van der Waals surface area contributed by atoms with Gasteiger partial charge in [-0.1, -0.05) is 17.7 Å². The fourth-order valence-electron chi connectivity index (χ4n) is 6.52. The second kappa shape index (κ2) is 11.6. The van der Waals surface area contributed by atoms with Crippen molar-refractivity contribution in [3.05, 3.63) is 79.0 Å². The maximum absolute atomic E-state index is 13.5. The molecule has 3 heterocycles. The van der Waals surface area contributed by atoms with Gasteiger partial charge in [-0.05, 0) is 101 Å². The van der Waals surface area contributed by atoms with Crippen LogP contribution in [-0.2, 0) is 6.42 Å². The van der Waals surface area contributed by atoms with Gasteiger partial charge < -0.3 is 10.1 Å². The van der Waals surface area contributed by atoms with Crippen molar-refractivity contribution in [2.75, 3.05) is 6.61 Å². The predicted molar refractivity (Wildman–Crippen MR) is 156 cm³/mol. The molecule has 8 heteroatoms. The summed E-state index contributed by atoms with van der Waals surface area (Å²) >= 11 is 7.63. The molecular weight excluding hydrogens is 533 g/mol. The highest BCUT2D eigenvalue weighted by atomic mass is 35.5. The van der Waals surface area contributed by atoms with Crippen molar-refractivity contribution in [2.24, 2.45) is 0 Å². The van der Waals surface area contributed by atoms with Gasteiger partial charge in [-0.3, -0.25) is 9.69 Å². The Hall–Kier alpha value is -2.48. The maximum Gasteiger partial charge on any atom is 0.251 e. The van der Waals surface area contributed by atoms with E-state index in [0.717, 1.165) is 48.6 Å². The van der Waals surface area contributed by atoms with Crippen LogP contribution in [0, 0.1) is 33.5 Å². The van der Waals surface area contributed by atoms with Gasteiger partial charge in [0, 0.05) is 41.0 Å². The number of nitrogens with zero attached hydrogens (tertiary/aromatic N) is 2. The van der Waals surface area contributed by atoms with Gasteiger partial charge in [0.15, 0.2) is 0 Å². The standard InChI is InChI=1S/C31H37ClFN3O2S/c1-17-18(2)30(38-13-12-29-20(4)39-21(5)34-29)11-9-26(17)19(3)36-24-7-8-25(36)16-23(15-24)35-31(37)22-6-10-28(33)27(32)14-22/h6,9-11,14,19,23-25H,7-8,12-13,15-16H2,1-5H3,(H,35,37). The molecule has 208 valence electrons. The lowest BCUT2D eigenvalue weighted by atomic mass is 9.91. The van der Waals surface area contributed by atoms with Gasteiger partial charge in [-0.15, -0.1) is 11.3 Å². The lowest BCUT2D eigenvalue weighted by Crippen LogP contribution is -2.51. The van der Waals surface area contributed by atoms with E-state index in [4.69, 9.17) is 16.3 Å². The van der Waals surface area contributed by atoms with E-state index in [0.29, 0.717) is 24.3 Å². The van der Waals surface area contributed by atoms with E-state index in [2.05, 4.69) is 55.0 Å². The van der Waals surface area contributed by atoms with E-state index in [9.17, 15) is 9.18 Å². The Labute approximate surface area is 239 Å². The molecule has 3 atom stereocenters. The molecule has 0 aliphatic carbocycles. The molecular formula is C31H37ClFN3O2S. The number of carbonyl (C=O) groups is 1. The number of fused-ring (bicyclic) bond motifs is 2. The Balaban J connectivity index is 1.22. The van der Waals surface area contributed by atoms with E-state index in [1.54, 1.807) is 11.3 Å². The summed E-state index contributed by atoms with van der Waals surface area (Å²) in [6, 6.07) is 9.70. The number of hydrogen-bond acceptors (Lipinski definition) is 5. The number of rotatable bonds is 8. The highest BCUT2D eigenvalue weighted by Crippen LogP contribution is 2.43. The molecule has 2 aromatic carbocycles. The normalized spacial score (nSPS) is 21.7. The molecule has 2 aliphatic rings. The summed E-state index contributed by atoms with van der Waals surface area (Å²) in [5.41, 5.74) is 5.34. The molecule has 3 aromatic rings. The largest absolute Gasteiger partial charge is 0.493 e. The van der Waals surface area contributed by atoms with Crippen LogP contribution in [0.4, 0.5) is 4.39 Å². The van der Waals surface area contributed by atoms with E-state index < -0.39 is 5.82 Å². The quantitative estimate of drug-likeness (QED) is 0.310. The van der Waals surface area contributed by atoms with Gasteiger partial charge in [0.1, 0.15) is 11.6 Å². The topological polar surface area (TPSA) is 54.5 Å². The summed E-state index contributed by atoms with van der Waals surface area (Å²) in [4.78, 5) is 21.4. The third-order valence-corrected chi connectivity index (χ3v) is 9.80. The van der Waals surface area contributed by atoms with Crippen LogP contribution in [-0.4, -0.2) is 40.5 Å². The van der Waals surface area contributed by atoms with E-state index in [1.807, 2.05) is 6.92 Å². The molecule has 2 fully saturated rings. The SMILES string of the molecule is Cc1nc(CCOc2ccc(C(C)N3C4CCC3CC(NC(=O)c3ccc(F)c(Cl)c3)C4)c(C)c2C)c(C)s1. The number of halogens is 2. The van der Waals surface area contributed by atoms with Crippen LogP contribution in [0.25, 0.3) is 0 Å². The van der Waals surface area contributed by atoms with Gasteiger partial charge in [0.2, 0.25) is 0 Å². The Bertz CT molecular complexity index is 1360. The third-order valence-electron chi connectivity index (χ3n) is 8.58. The molecule has 5 rings (SSSR count). The number of benzene rings is 2. The number of ether oxygens (including phenoxy) is 1. The van der Waals surface area contributed by atoms with Gasteiger partial charge in [0.05, 0.1) is 22.3 Å². The van der Waals surface area contributed by atoms with E-state index in [1.165, 1.54) is 39.8 Å². The van der Waals surface area contributed by atoms with E-state index >= 15 is 0 Å². The Morgan fingerprint density at radius 2 is 1.87 bits per heavy atom. The molecule has 2 aliphatic heterocycles. The lowest BCUT2D eigenvalue weighted by Gasteiger charge is -2.43. The van der Waals surface area contributed by atoms with Crippen LogP contribution in [0.1, 0.15) is 81.3 Å². The predicted octanol–water partition coefficient (Wildman–Crippen LogP) is 7.28. The van der Waals surface area contributed by atoms with Crippen LogP contribution in [0.15, 0.2) is 30.3 Å². The van der Waals surface area contributed by atoms with Gasteiger partial charge >= 0.3 is 0 Å². The highest BCUT2D eigenvalue weighted by molar-refractivity contribution is 7.11. The minimum atomic E-state index is -0.514. The fraction of sp³-hybridized carbons (Fsp3) is 0.484. The number of aryl methyl sites for hydroxylation is 2. The van der Waals surface area contributed by atoms with Crippen molar-refractivity contribution in [1.29, 1.82) is 0 Å². The van der Waals surface area contributed by atoms with Crippen molar-refractivity contribution < 1.29 is 13.9 Å². The zero-order chi connectivity index (χ0) is 27.8.